The standard InChI is InChI=1S/C23H22N4O3S.C21H20N4OS/c1-13(2)30-20-10-7-14(11-15(20)12-24)21-26-27-22(31-21)18-6-4-5-17-16(18)8-9-19(17)25-23(28)29-3;1-12(2)26-19-9-6-13(10-14(19)11-22)20-24-25-21(27-20)17-5-3-4-16-15(17)7-8-18(16)23/h4-7,10-11,13,19H,8-9H2,1-3H3,(H,25,28);3-6,9-10,12,18H,7-8,23H2,1-2H3/t19-;18-/m00/s1. The smallest absolute Gasteiger partial charge is 0.407 e. The summed E-state index contributed by atoms with van der Waals surface area (Å²) in [5, 5.41) is 42.6. The van der Waals surface area contributed by atoms with Crippen molar-refractivity contribution in [3.63, 3.8) is 0 Å². The second kappa shape index (κ2) is 17.5. The average molecular weight is 811 g/mol. The Balaban J connectivity index is 0.000000178. The van der Waals surface area contributed by atoms with E-state index in [2.05, 4.69) is 50.0 Å². The van der Waals surface area contributed by atoms with Crippen molar-refractivity contribution in [1.29, 1.82) is 10.5 Å². The number of hydrogen-bond acceptors (Lipinski definition) is 13. The molecule has 2 atom stereocenters. The molecule has 4 aromatic carbocycles. The lowest BCUT2D eigenvalue weighted by molar-refractivity contribution is 0.166. The van der Waals surface area contributed by atoms with E-state index in [-0.39, 0.29) is 24.3 Å². The third kappa shape index (κ3) is 8.55. The van der Waals surface area contributed by atoms with Gasteiger partial charge in [-0.05, 0) is 112 Å². The molecule has 0 unspecified atom stereocenters. The first-order chi connectivity index (χ1) is 28.1. The molecule has 0 aliphatic heterocycles. The fraction of sp³-hybridized carbons (Fsp3) is 0.295. The van der Waals surface area contributed by atoms with Crippen molar-refractivity contribution in [2.45, 2.75) is 77.7 Å². The molecule has 8 rings (SSSR count). The second-order valence-electron chi connectivity index (χ2n) is 14.4. The number of benzene rings is 4. The summed E-state index contributed by atoms with van der Waals surface area (Å²) >= 11 is 3.01. The van der Waals surface area contributed by atoms with Crippen molar-refractivity contribution in [2.24, 2.45) is 5.73 Å². The highest BCUT2D eigenvalue weighted by atomic mass is 32.1. The molecule has 6 aromatic rings. The summed E-state index contributed by atoms with van der Waals surface area (Å²) < 4.78 is 16.1. The van der Waals surface area contributed by atoms with E-state index in [9.17, 15) is 15.3 Å². The van der Waals surface area contributed by atoms with Crippen LogP contribution >= 0.6 is 22.7 Å². The molecule has 0 spiro atoms. The van der Waals surface area contributed by atoms with E-state index in [1.165, 1.54) is 46.5 Å². The maximum Gasteiger partial charge on any atom is 0.407 e. The quantitative estimate of drug-likeness (QED) is 0.142. The van der Waals surface area contributed by atoms with Crippen LogP contribution in [0.2, 0.25) is 0 Å². The number of aromatic nitrogens is 4. The number of nitriles is 2. The van der Waals surface area contributed by atoms with E-state index in [0.717, 1.165) is 73.5 Å². The number of amides is 1. The molecule has 14 heteroatoms. The number of methoxy groups -OCH3 is 1. The van der Waals surface area contributed by atoms with Crippen LogP contribution < -0.4 is 20.5 Å². The number of carbonyl (C=O) groups excluding carboxylic acids is 1. The Kier molecular flexibility index (Phi) is 12.1. The lowest BCUT2D eigenvalue weighted by Crippen LogP contribution is -2.26. The molecule has 1 amide bonds. The first-order valence-electron chi connectivity index (χ1n) is 19.0. The Hall–Kier alpha value is -6.19. The number of nitrogens with two attached hydrogens (primary N) is 1. The Morgan fingerprint density at radius 3 is 1.71 bits per heavy atom. The zero-order valence-corrected chi connectivity index (χ0v) is 34.4. The predicted octanol–water partition coefficient (Wildman–Crippen LogP) is 9.35. The van der Waals surface area contributed by atoms with E-state index in [0.29, 0.717) is 22.6 Å². The van der Waals surface area contributed by atoms with Crippen molar-refractivity contribution in [3.8, 4) is 65.9 Å². The third-order valence-corrected chi connectivity index (χ3v) is 11.8. The fourth-order valence-electron chi connectivity index (χ4n) is 7.20. The van der Waals surface area contributed by atoms with Crippen molar-refractivity contribution >= 4 is 28.8 Å². The molecule has 0 radical (unpaired) electrons. The summed E-state index contributed by atoms with van der Waals surface area (Å²) in [5.74, 6) is 1.16. The Morgan fingerprint density at radius 1 is 0.724 bits per heavy atom. The van der Waals surface area contributed by atoms with Crippen molar-refractivity contribution in [3.05, 3.63) is 106 Å². The average Bonchev–Trinajstić information content (AvgIpc) is 4.06. The molecule has 0 saturated carbocycles. The lowest BCUT2D eigenvalue weighted by atomic mass is 10.0. The molecule has 3 N–H and O–H groups in total. The van der Waals surface area contributed by atoms with E-state index in [1.807, 2.05) is 76.2 Å². The summed E-state index contributed by atoms with van der Waals surface area (Å²) in [5.41, 5.74) is 15.8. The molecule has 2 aliphatic rings. The zero-order chi connectivity index (χ0) is 40.9. The summed E-state index contributed by atoms with van der Waals surface area (Å²) in [6, 6.07) is 27.7. The summed E-state index contributed by atoms with van der Waals surface area (Å²) in [6.45, 7) is 7.73. The summed E-state index contributed by atoms with van der Waals surface area (Å²) in [7, 11) is 1.36. The number of alkyl carbamates (subject to hydrolysis) is 1. The summed E-state index contributed by atoms with van der Waals surface area (Å²) in [6.07, 6.45) is 3.18. The largest absolute Gasteiger partial charge is 0.490 e. The minimum Gasteiger partial charge on any atom is -0.490 e. The number of nitrogens with one attached hydrogen (secondary N) is 1. The first-order valence-corrected chi connectivity index (χ1v) is 20.6. The SMILES string of the molecule is CC(C)Oc1ccc(-c2nnc(-c3cccc4c3CC[C@@H]4N)s2)cc1C#N.COC(=O)N[C@H]1CCc2c(-c3nnc(-c4ccc(OC(C)C)c(C#N)c4)s3)cccc21. The Bertz CT molecular complexity index is 2550. The van der Waals surface area contributed by atoms with Gasteiger partial charge in [0.05, 0.1) is 36.5 Å². The number of carbonyl (C=O) groups is 1. The van der Waals surface area contributed by atoms with Crippen LogP contribution in [0.5, 0.6) is 11.5 Å². The van der Waals surface area contributed by atoms with Crippen LogP contribution in [-0.4, -0.2) is 45.8 Å². The number of rotatable bonds is 9. The van der Waals surface area contributed by atoms with Crippen molar-refractivity contribution < 1.29 is 19.0 Å². The molecule has 58 heavy (non-hydrogen) atoms. The molecule has 12 nitrogen and oxygen atoms in total. The van der Waals surface area contributed by atoms with Gasteiger partial charge in [-0.15, -0.1) is 20.4 Å². The topological polar surface area (TPSA) is 182 Å². The molecular formula is C44H42N8O4S2. The van der Waals surface area contributed by atoms with Gasteiger partial charge in [-0.1, -0.05) is 59.1 Å². The number of hydrogen-bond donors (Lipinski definition) is 2. The minimum absolute atomic E-state index is 0.0104. The monoisotopic (exact) mass is 810 g/mol. The molecule has 2 aliphatic carbocycles. The van der Waals surface area contributed by atoms with Crippen molar-refractivity contribution in [1.82, 2.24) is 25.7 Å². The molecule has 294 valence electrons. The van der Waals surface area contributed by atoms with Crippen LogP contribution in [0.4, 0.5) is 4.79 Å². The van der Waals surface area contributed by atoms with Gasteiger partial charge < -0.3 is 25.3 Å². The van der Waals surface area contributed by atoms with Gasteiger partial charge >= 0.3 is 6.09 Å². The minimum atomic E-state index is -0.431. The molecule has 0 saturated heterocycles. The van der Waals surface area contributed by atoms with Crippen LogP contribution in [0.1, 0.15) is 86.0 Å². The third-order valence-electron chi connectivity index (χ3n) is 9.80. The number of ether oxygens (including phenoxy) is 3. The maximum absolute atomic E-state index is 11.6. The number of fused-ring (bicyclic) bond motifs is 2. The Labute approximate surface area is 345 Å². The highest BCUT2D eigenvalue weighted by molar-refractivity contribution is 7.18. The molecule has 2 heterocycles. The van der Waals surface area contributed by atoms with Gasteiger partial charge in [0, 0.05) is 28.3 Å². The van der Waals surface area contributed by atoms with Crippen LogP contribution in [0.15, 0.2) is 72.8 Å². The first kappa shape index (κ1) is 40.0. The van der Waals surface area contributed by atoms with Gasteiger partial charge in [0.15, 0.2) is 0 Å². The normalized spacial score (nSPS) is 15.1. The maximum atomic E-state index is 11.6. The molecule has 0 bridgehead atoms. The fourth-order valence-corrected chi connectivity index (χ4v) is 8.99. The summed E-state index contributed by atoms with van der Waals surface area (Å²) in [4.78, 5) is 11.6. The van der Waals surface area contributed by atoms with Gasteiger partial charge in [-0.2, -0.15) is 10.5 Å². The van der Waals surface area contributed by atoms with Gasteiger partial charge in [-0.3, -0.25) is 0 Å². The van der Waals surface area contributed by atoms with E-state index in [1.54, 1.807) is 12.1 Å². The molecule has 0 fully saturated rings. The van der Waals surface area contributed by atoms with E-state index in [4.69, 9.17) is 19.9 Å². The van der Waals surface area contributed by atoms with Crippen LogP contribution in [0.3, 0.4) is 0 Å². The highest BCUT2D eigenvalue weighted by Crippen LogP contribution is 2.41. The van der Waals surface area contributed by atoms with Gasteiger partial charge in [0.1, 0.15) is 43.7 Å². The van der Waals surface area contributed by atoms with Crippen molar-refractivity contribution in [2.75, 3.05) is 7.11 Å². The van der Waals surface area contributed by atoms with Gasteiger partial charge in [-0.25, -0.2) is 4.79 Å². The molecular weight excluding hydrogens is 769 g/mol. The van der Waals surface area contributed by atoms with Gasteiger partial charge in [0.25, 0.3) is 0 Å². The van der Waals surface area contributed by atoms with E-state index < -0.39 is 6.09 Å². The highest BCUT2D eigenvalue weighted by Gasteiger charge is 2.28. The van der Waals surface area contributed by atoms with Crippen LogP contribution in [0.25, 0.3) is 42.3 Å². The molecule has 2 aromatic heterocycles. The van der Waals surface area contributed by atoms with E-state index >= 15 is 0 Å². The van der Waals surface area contributed by atoms with Crippen LogP contribution in [-0.2, 0) is 17.6 Å². The predicted molar refractivity (Wildman–Crippen MR) is 224 cm³/mol. The van der Waals surface area contributed by atoms with Crippen LogP contribution in [0, 0.1) is 22.7 Å². The second-order valence-corrected chi connectivity index (χ2v) is 16.4. The lowest BCUT2D eigenvalue weighted by Gasteiger charge is -2.13. The zero-order valence-electron chi connectivity index (χ0n) is 32.8. The number of nitrogens with zero attached hydrogens (tertiary/aromatic N) is 6. The van der Waals surface area contributed by atoms with Gasteiger partial charge in [0.2, 0.25) is 0 Å². The Morgan fingerprint density at radius 2 is 1.21 bits per heavy atom.